The van der Waals surface area contributed by atoms with Gasteiger partial charge >= 0.3 is 5.97 Å². The van der Waals surface area contributed by atoms with Gasteiger partial charge in [-0.3, -0.25) is 0 Å². The Balaban J connectivity index is 1.79. The van der Waals surface area contributed by atoms with E-state index in [1.54, 1.807) is 24.3 Å². The summed E-state index contributed by atoms with van der Waals surface area (Å²) in [5.74, 6) is -0.601. The first-order valence-corrected chi connectivity index (χ1v) is 8.61. The number of para-hydroxylation sites is 2. The standard InChI is InChI=1S/C15H11ClN2O5S/c16-11-6-5-9(24(17,20)21)7-10(11)15(19)22-8-14-18-12-3-1-2-4-13(12)23-14/h1-7H,8H2,(H2,17,20,21). The van der Waals surface area contributed by atoms with Crippen LogP contribution in [-0.4, -0.2) is 19.4 Å². The number of nitrogens with zero attached hydrogens (tertiary/aromatic N) is 1. The maximum atomic E-state index is 12.1. The Kier molecular flexibility index (Phi) is 4.27. The number of primary sulfonamides is 1. The number of sulfonamides is 1. The number of carbonyl (C=O) groups excluding carboxylic acids is 1. The van der Waals surface area contributed by atoms with Crippen LogP contribution < -0.4 is 5.14 Å². The van der Waals surface area contributed by atoms with Crippen LogP contribution in [0.1, 0.15) is 16.2 Å². The molecule has 0 amide bonds. The van der Waals surface area contributed by atoms with Gasteiger partial charge in [-0.1, -0.05) is 23.7 Å². The Morgan fingerprint density at radius 1 is 1.25 bits per heavy atom. The molecule has 0 unspecified atom stereocenters. The molecule has 9 heteroatoms. The third kappa shape index (κ3) is 3.40. The number of halogens is 1. The van der Waals surface area contributed by atoms with E-state index in [1.807, 2.05) is 0 Å². The van der Waals surface area contributed by atoms with E-state index in [4.69, 9.17) is 25.9 Å². The molecule has 0 aliphatic heterocycles. The molecule has 3 aromatic rings. The van der Waals surface area contributed by atoms with Crippen molar-refractivity contribution in [2.45, 2.75) is 11.5 Å². The van der Waals surface area contributed by atoms with Gasteiger partial charge in [0.15, 0.2) is 12.2 Å². The molecule has 124 valence electrons. The summed E-state index contributed by atoms with van der Waals surface area (Å²) in [4.78, 5) is 16.1. The van der Waals surface area contributed by atoms with E-state index in [-0.39, 0.29) is 28.0 Å². The molecular weight excluding hydrogens is 356 g/mol. The van der Waals surface area contributed by atoms with Crippen molar-refractivity contribution in [1.82, 2.24) is 4.98 Å². The summed E-state index contributed by atoms with van der Waals surface area (Å²) in [5.41, 5.74) is 1.09. The Morgan fingerprint density at radius 2 is 2.00 bits per heavy atom. The lowest BCUT2D eigenvalue weighted by molar-refractivity contribution is 0.0440. The number of oxazole rings is 1. The van der Waals surface area contributed by atoms with Gasteiger partial charge in [0.05, 0.1) is 15.5 Å². The van der Waals surface area contributed by atoms with Crippen molar-refractivity contribution in [1.29, 1.82) is 0 Å². The second-order valence-corrected chi connectivity index (χ2v) is 6.81. The summed E-state index contributed by atoms with van der Waals surface area (Å²) in [7, 11) is -3.96. The van der Waals surface area contributed by atoms with Crippen LogP contribution in [0.15, 0.2) is 51.8 Å². The molecule has 0 aliphatic carbocycles. The molecule has 24 heavy (non-hydrogen) atoms. The van der Waals surface area contributed by atoms with Crippen LogP contribution >= 0.6 is 11.6 Å². The van der Waals surface area contributed by atoms with E-state index in [1.165, 1.54) is 12.1 Å². The average molecular weight is 367 g/mol. The Labute approximate surface area is 142 Å². The van der Waals surface area contributed by atoms with Gasteiger partial charge in [-0.25, -0.2) is 23.3 Å². The van der Waals surface area contributed by atoms with E-state index in [2.05, 4.69) is 4.98 Å². The normalized spacial score (nSPS) is 11.6. The number of esters is 1. The van der Waals surface area contributed by atoms with Gasteiger partial charge in [-0.2, -0.15) is 0 Å². The molecule has 2 aromatic carbocycles. The van der Waals surface area contributed by atoms with Crippen LogP contribution in [-0.2, 0) is 21.4 Å². The summed E-state index contributed by atoms with van der Waals surface area (Å²) in [6.07, 6.45) is 0. The summed E-state index contributed by atoms with van der Waals surface area (Å²) in [6, 6.07) is 10.6. The molecule has 0 saturated heterocycles. The predicted octanol–water partition coefficient (Wildman–Crippen LogP) is 2.49. The summed E-state index contributed by atoms with van der Waals surface area (Å²) in [5, 5.41) is 5.08. The van der Waals surface area contributed by atoms with Crippen molar-refractivity contribution in [2.75, 3.05) is 0 Å². The minimum Gasteiger partial charge on any atom is -0.452 e. The molecule has 1 heterocycles. The number of ether oxygens (including phenoxy) is 1. The maximum Gasteiger partial charge on any atom is 0.340 e. The highest BCUT2D eigenvalue weighted by atomic mass is 35.5. The number of rotatable bonds is 4. The minimum absolute atomic E-state index is 0.0463. The van der Waals surface area contributed by atoms with Gasteiger partial charge in [0, 0.05) is 0 Å². The molecular formula is C15H11ClN2O5S. The lowest BCUT2D eigenvalue weighted by Gasteiger charge is -2.06. The lowest BCUT2D eigenvalue weighted by atomic mass is 10.2. The van der Waals surface area contributed by atoms with Crippen molar-refractivity contribution in [2.24, 2.45) is 5.14 Å². The van der Waals surface area contributed by atoms with Crippen LogP contribution in [0.2, 0.25) is 5.02 Å². The van der Waals surface area contributed by atoms with E-state index >= 15 is 0 Å². The number of hydrogen-bond donors (Lipinski definition) is 1. The second-order valence-electron chi connectivity index (χ2n) is 4.84. The Bertz CT molecular complexity index is 996. The number of nitrogens with two attached hydrogens (primary N) is 1. The minimum atomic E-state index is -3.96. The van der Waals surface area contributed by atoms with Gasteiger partial charge in [-0.15, -0.1) is 0 Å². The predicted molar refractivity (Wildman–Crippen MR) is 86.0 cm³/mol. The smallest absolute Gasteiger partial charge is 0.340 e. The van der Waals surface area contributed by atoms with Crippen molar-refractivity contribution in [3.8, 4) is 0 Å². The van der Waals surface area contributed by atoms with Gasteiger partial charge < -0.3 is 9.15 Å². The van der Waals surface area contributed by atoms with Crippen molar-refractivity contribution >= 4 is 38.7 Å². The van der Waals surface area contributed by atoms with E-state index in [0.29, 0.717) is 11.1 Å². The number of fused-ring (bicyclic) bond motifs is 1. The first kappa shape index (κ1) is 16.4. The van der Waals surface area contributed by atoms with E-state index < -0.39 is 16.0 Å². The molecule has 0 saturated carbocycles. The molecule has 2 N–H and O–H groups in total. The van der Waals surface area contributed by atoms with Crippen LogP contribution in [0.5, 0.6) is 0 Å². The zero-order chi connectivity index (χ0) is 17.3. The molecule has 0 atom stereocenters. The molecule has 0 aliphatic rings. The van der Waals surface area contributed by atoms with Crippen molar-refractivity contribution in [3.05, 3.63) is 58.9 Å². The van der Waals surface area contributed by atoms with Crippen LogP contribution in [0, 0.1) is 0 Å². The first-order valence-electron chi connectivity index (χ1n) is 6.68. The monoisotopic (exact) mass is 366 g/mol. The molecule has 0 spiro atoms. The van der Waals surface area contributed by atoms with Crippen molar-refractivity contribution < 1.29 is 22.4 Å². The van der Waals surface area contributed by atoms with Crippen LogP contribution in [0.4, 0.5) is 0 Å². The van der Waals surface area contributed by atoms with E-state index in [0.717, 1.165) is 6.07 Å². The summed E-state index contributed by atoms with van der Waals surface area (Å²) in [6.45, 7) is -0.219. The van der Waals surface area contributed by atoms with Gasteiger partial charge in [0.25, 0.3) is 0 Å². The van der Waals surface area contributed by atoms with Gasteiger partial charge in [-0.05, 0) is 30.3 Å². The number of aromatic nitrogens is 1. The average Bonchev–Trinajstić information content (AvgIpc) is 2.94. The van der Waals surface area contributed by atoms with Gasteiger partial charge in [0.2, 0.25) is 15.9 Å². The highest BCUT2D eigenvalue weighted by Gasteiger charge is 2.18. The molecule has 0 bridgehead atoms. The largest absolute Gasteiger partial charge is 0.452 e. The third-order valence-corrected chi connectivity index (χ3v) is 4.39. The SMILES string of the molecule is NS(=O)(=O)c1ccc(Cl)c(C(=O)OCc2nc3ccccc3o2)c1. The summed E-state index contributed by atoms with van der Waals surface area (Å²) < 4.78 is 33.2. The summed E-state index contributed by atoms with van der Waals surface area (Å²) >= 11 is 5.91. The lowest BCUT2D eigenvalue weighted by Crippen LogP contribution is -2.14. The number of benzene rings is 2. The zero-order valence-corrected chi connectivity index (χ0v) is 13.7. The van der Waals surface area contributed by atoms with Crippen LogP contribution in [0.3, 0.4) is 0 Å². The number of carbonyl (C=O) groups is 1. The van der Waals surface area contributed by atoms with Gasteiger partial charge in [0.1, 0.15) is 5.52 Å². The van der Waals surface area contributed by atoms with E-state index in [9.17, 15) is 13.2 Å². The topological polar surface area (TPSA) is 112 Å². The highest BCUT2D eigenvalue weighted by Crippen LogP contribution is 2.22. The molecule has 3 rings (SSSR count). The Morgan fingerprint density at radius 3 is 2.71 bits per heavy atom. The quantitative estimate of drug-likeness (QED) is 0.710. The fourth-order valence-corrected chi connectivity index (χ4v) is 2.76. The first-order chi connectivity index (χ1) is 11.3. The Hall–Kier alpha value is -2.42. The molecule has 0 radical (unpaired) electrons. The molecule has 1 aromatic heterocycles. The fourth-order valence-electron chi connectivity index (χ4n) is 2.02. The maximum absolute atomic E-state index is 12.1. The van der Waals surface area contributed by atoms with Crippen LogP contribution in [0.25, 0.3) is 11.1 Å². The second kappa shape index (κ2) is 6.23. The highest BCUT2D eigenvalue weighted by molar-refractivity contribution is 7.89. The third-order valence-electron chi connectivity index (χ3n) is 3.15. The number of hydrogen-bond acceptors (Lipinski definition) is 6. The fraction of sp³-hybridized carbons (Fsp3) is 0.0667. The van der Waals surface area contributed by atoms with Crippen molar-refractivity contribution in [3.63, 3.8) is 0 Å². The molecule has 0 fully saturated rings. The zero-order valence-electron chi connectivity index (χ0n) is 12.1. The molecule has 7 nitrogen and oxygen atoms in total.